The number of amides is 2. The van der Waals surface area contributed by atoms with Crippen molar-refractivity contribution < 1.29 is 29.0 Å². The first-order valence-electron chi connectivity index (χ1n) is 13.3. The third-order valence-electron chi connectivity index (χ3n) is 8.62. The highest BCUT2D eigenvalue weighted by molar-refractivity contribution is 5.99. The van der Waals surface area contributed by atoms with Crippen LogP contribution in [0.15, 0.2) is 24.3 Å². The molecule has 194 valence electrons. The molecule has 1 aromatic carbocycles. The highest BCUT2D eigenvalue weighted by Crippen LogP contribution is 2.60. The Morgan fingerprint density at radius 2 is 1.61 bits per heavy atom. The quantitative estimate of drug-likeness (QED) is 0.422. The zero-order valence-electron chi connectivity index (χ0n) is 20.9. The number of benzene rings is 1. The lowest BCUT2D eigenvalue weighted by molar-refractivity contribution is -0.165. The second-order valence-corrected chi connectivity index (χ2v) is 11.5. The topological polar surface area (TPSA) is 113 Å². The van der Waals surface area contributed by atoms with Crippen molar-refractivity contribution in [1.82, 2.24) is 4.90 Å². The Kier molecular flexibility index (Phi) is 6.90. The molecule has 1 saturated heterocycles. The van der Waals surface area contributed by atoms with Crippen LogP contribution in [0, 0.1) is 23.2 Å². The molecule has 1 aromatic rings. The smallest absolute Gasteiger partial charge is 0.329 e. The van der Waals surface area contributed by atoms with Gasteiger partial charge in [0.05, 0.1) is 11.5 Å². The summed E-state index contributed by atoms with van der Waals surface area (Å²) in [5.74, 6) is 0.698. The second kappa shape index (κ2) is 9.96. The number of likely N-dealkylation sites (tertiary alicyclic amines) is 1. The van der Waals surface area contributed by atoms with Gasteiger partial charge in [-0.05, 0) is 87.0 Å². The van der Waals surface area contributed by atoms with Crippen LogP contribution < -0.4 is 5.32 Å². The molecule has 2 amide bonds. The van der Waals surface area contributed by atoms with Gasteiger partial charge in [0.2, 0.25) is 11.8 Å². The molecule has 4 bridgehead atoms. The number of ketones is 1. The molecule has 8 nitrogen and oxygen atoms in total. The molecule has 1 aliphatic heterocycles. The first-order valence-corrected chi connectivity index (χ1v) is 13.3. The minimum absolute atomic E-state index is 0.00728. The van der Waals surface area contributed by atoms with E-state index in [1.54, 1.807) is 29.2 Å². The minimum atomic E-state index is -0.857. The van der Waals surface area contributed by atoms with Gasteiger partial charge in [-0.2, -0.15) is 0 Å². The van der Waals surface area contributed by atoms with Gasteiger partial charge in [-0.25, -0.2) is 4.79 Å². The van der Waals surface area contributed by atoms with Gasteiger partial charge >= 0.3 is 5.97 Å². The molecule has 2 atom stereocenters. The maximum atomic E-state index is 13.8. The molecule has 8 heteroatoms. The van der Waals surface area contributed by atoms with Crippen LogP contribution in [0.2, 0.25) is 0 Å². The van der Waals surface area contributed by atoms with Gasteiger partial charge in [0.25, 0.3) is 0 Å². The van der Waals surface area contributed by atoms with Crippen LogP contribution in [-0.4, -0.2) is 58.9 Å². The monoisotopic (exact) mass is 496 g/mol. The van der Waals surface area contributed by atoms with Crippen molar-refractivity contribution in [2.75, 3.05) is 18.5 Å². The fraction of sp³-hybridized carbons (Fsp3) is 0.643. The van der Waals surface area contributed by atoms with Crippen molar-refractivity contribution in [3.05, 3.63) is 29.8 Å². The summed E-state index contributed by atoms with van der Waals surface area (Å²) >= 11 is 0. The number of rotatable bonds is 8. The van der Waals surface area contributed by atoms with Gasteiger partial charge in [-0.15, -0.1) is 0 Å². The van der Waals surface area contributed by atoms with E-state index >= 15 is 0 Å². The Morgan fingerprint density at radius 1 is 1.00 bits per heavy atom. The number of anilines is 1. The standard InChI is InChI=1S/C28H36N2O6/c1-2-3-25(33)29-21-6-4-20(5-7-21)24(32)16-36-26(34)23-11-22(31)15-30(23)27(35)28-12-17-8-18(13-28)10-19(9-17)14-28/h4-7,17-19,22-23,31H,2-3,8-16H2,1H3,(H,29,33)/t17?,18?,19?,22?,23-,28?/m0/s1. The van der Waals surface area contributed by atoms with Gasteiger partial charge in [0.15, 0.2) is 12.4 Å². The Bertz CT molecular complexity index is 1000. The van der Waals surface area contributed by atoms with E-state index in [-0.39, 0.29) is 30.6 Å². The molecule has 0 spiro atoms. The van der Waals surface area contributed by atoms with Crippen molar-refractivity contribution in [2.45, 2.75) is 76.9 Å². The van der Waals surface area contributed by atoms with Gasteiger partial charge in [-0.3, -0.25) is 14.4 Å². The van der Waals surface area contributed by atoms with E-state index in [1.165, 1.54) is 19.3 Å². The number of hydrogen-bond acceptors (Lipinski definition) is 6. The van der Waals surface area contributed by atoms with Crippen molar-refractivity contribution in [3.8, 4) is 0 Å². The van der Waals surface area contributed by atoms with Crippen molar-refractivity contribution >= 4 is 29.3 Å². The maximum absolute atomic E-state index is 13.8. The van der Waals surface area contributed by atoms with Crippen LogP contribution in [0.5, 0.6) is 0 Å². The zero-order chi connectivity index (χ0) is 25.4. The first kappa shape index (κ1) is 24.9. The number of nitrogens with zero attached hydrogens (tertiary/aromatic N) is 1. The number of hydrogen-bond donors (Lipinski definition) is 2. The predicted molar refractivity (Wildman–Crippen MR) is 132 cm³/mol. The number of β-amino-alcohol motifs (C(OH)–C–C–N with tert-alkyl or cyclic N) is 1. The Labute approximate surface area is 211 Å². The Balaban J connectivity index is 1.19. The molecule has 4 saturated carbocycles. The van der Waals surface area contributed by atoms with Gasteiger partial charge < -0.3 is 20.1 Å². The maximum Gasteiger partial charge on any atom is 0.329 e. The summed E-state index contributed by atoms with van der Waals surface area (Å²) in [6.45, 7) is 1.62. The van der Waals surface area contributed by atoms with E-state index in [0.717, 1.165) is 25.7 Å². The normalized spacial score (nSPS) is 32.4. The molecular formula is C28H36N2O6. The van der Waals surface area contributed by atoms with Crippen LogP contribution in [0.25, 0.3) is 0 Å². The molecule has 5 aliphatic rings. The average Bonchev–Trinajstić information content (AvgIpc) is 3.23. The number of nitrogens with one attached hydrogen (secondary N) is 1. The van der Waals surface area contributed by atoms with Crippen molar-refractivity contribution in [2.24, 2.45) is 23.2 Å². The molecule has 6 rings (SSSR count). The number of carbonyl (C=O) groups excluding carboxylic acids is 4. The molecule has 0 aromatic heterocycles. The lowest BCUT2D eigenvalue weighted by atomic mass is 9.49. The molecule has 0 radical (unpaired) electrons. The SMILES string of the molecule is CCCC(=O)Nc1ccc(C(=O)COC(=O)[C@@H]2CC(O)CN2C(=O)C23CC4CC(CC(C4)C2)C3)cc1. The van der Waals surface area contributed by atoms with Crippen LogP contribution in [0.1, 0.15) is 75.1 Å². The molecule has 4 aliphatic carbocycles. The third kappa shape index (κ3) is 4.92. The fourth-order valence-corrected chi connectivity index (χ4v) is 7.45. The highest BCUT2D eigenvalue weighted by atomic mass is 16.5. The number of aliphatic hydroxyl groups excluding tert-OH is 1. The predicted octanol–water partition coefficient (Wildman–Crippen LogP) is 3.33. The summed E-state index contributed by atoms with van der Waals surface area (Å²) in [6.07, 6.45) is 6.85. The number of ether oxygens (including phenoxy) is 1. The van der Waals surface area contributed by atoms with E-state index in [4.69, 9.17) is 4.74 Å². The van der Waals surface area contributed by atoms with Crippen LogP contribution in [0.3, 0.4) is 0 Å². The molecular weight excluding hydrogens is 460 g/mol. The Hall–Kier alpha value is -2.74. The molecule has 36 heavy (non-hydrogen) atoms. The highest BCUT2D eigenvalue weighted by Gasteiger charge is 2.57. The van der Waals surface area contributed by atoms with E-state index in [0.29, 0.717) is 35.4 Å². The summed E-state index contributed by atoms with van der Waals surface area (Å²) in [5, 5.41) is 13.1. The summed E-state index contributed by atoms with van der Waals surface area (Å²) in [5.41, 5.74) is 0.562. The van der Waals surface area contributed by atoms with Gasteiger partial charge in [-0.1, -0.05) is 6.92 Å². The first-order chi connectivity index (χ1) is 17.3. The van der Waals surface area contributed by atoms with Crippen LogP contribution >= 0.6 is 0 Å². The summed E-state index contributed by atoms with van der Waals surface area (Å²) in [6, 6.07) is 5.59. The van der Waals surface area contributed by atoms with Crippen molar-refractivity contribution in [1.29, 1.82) is 0 Å². The number of Topliss-reactive ketones (excluding diaryl/α,β-unsaturated/α-hetero) is 1. The second-order valence-electron chi connectivity index (χ2n) is 11.5. The fourth-order valence-electron chi connectivity index (χ4n) is 7.45. The van der Waals surface area contributed by atoms with E-state index < -0.39 is 30.1 Å². The molecule has 1 heterocycles. The summed E-state index contributed by atoms with van der Waals surface area (Å²) in [7, 11) is 0. The van der Waals surface area contributed by atoms with Gasteiger partial charge in [0, 0.05) is 30.6 Å². The number of aliphatic hydroxyl groups is 1. The van der Waals surface area contributed by atoms with Crippen molar-refractivity contribution in [3.63, 3.8) is 0 Å². The van der Waals surface area contributed by atoms with Crippen LogP contribution in [0.4, 0.5) is 5.69 Å². The zero-order valence-corrected chi connectivity index (χ0v) is 20.9. The number of carbonyl (C=O) groups is 4. The summed E-state index contributed by atoms with van der Waals surface area (Å²) < 4.78 is 5.35. The average molecular weight is 497 g/mol. The van der Waals surface area contributed by atoms with Gasteiger partial charge in [0.1, 0.15) is 6.04 Å². The minimum Gasteiger partial charge on any atom is -0.456 e. The van der Waals surface area contributed by atoms with Crippen LogP contribution in [-0.2, 0) is 19.1 Å². The lowest BCUT2D eigenvalue weighted by Gasteiger charge is -2.56. The van der Waals surface area contributed by atoms with E-state index in [1.807, 2.05) is 6.92 Å². The lowest BCUT2D eigenvalue weighted by Crippen LogP contribution is -2.56. The number of esters is 1. The largest absolute Gasteiger partial charge is 0.456 e. The Morgan fingerprint density at radius 3 is 2.19 bits per heavy atom. The molecule has 1 unspecified atom stereocenters. The van der Waals surface area contributed by atoms with E-state index in [9.17, 15) is 24.3 Å². The molecule has 2 N–H and O–H groups in total. The van der Waals surface area contributed by atoms with E-state index in [2.05, 4.69) is 5.32 Å². The molecule has 5 fully saturated rings. The summed E-state index contributed by atoms with van der Waals surface area (Å²) in [4.78, 5) is 52.6. The third-order valence-corrected chi connectivity index (χ3v) is 8.62.